The first-order chi connectivity index (χ1) is 9.41. The summed E-state index contributed by atoms with van der Waals surface area (Å²) in [5.74, 6) is 0. The maximum atomic E-state index is 12.9. The van der Waals surface area contributed by atoms with Crippen LogP contribution in [0.15, 0.2) is 21.5 Å². The van der Waals surface area contributed by atoms with Gasteiger partial charge in [0.1, 0.15) is 0 Å². The van der Waals surface area contributed by atoms with Gasteiger partial charge in [-0.15, -0.1) is 0 Å². The lowest BCUT2D eigenvalue weighted by molar-refractivity contribution is 0.403. The van der Waals surface area contributed by atoms with Gasteiger partial charge in [-0.1, -0.05) is 22.9 Å². The molecule has 4 nitrogen and oxygen atoms in total. The van der Waals surface area contributed by atoms with Crippen molar-refractivity contribution in [2.45, 2.75) is 50.6 Å². The molecule has 1 aromatic carbocycles. The monoisotopic (exact) mass is 360 g/mol. The first-order valence-corrected chi connectivity index (χ1v) is 9.16. The SMILES string of the molecule is CCCN(C1CC1)S(=O)(=O)c1cc(CN)cc(Br)c1C. The Labute approximate surface area is 129 Å². The maximum Gasteiger partial charge on any atom is 0.243 e. The first kappa shape index (κ1) is 15.9. The van der Waals surface area contributed by atoms with E-state index in [2.05, 4.69) is 15.9 Å². The Morgan fingerprint density at radius 2 is 2.05 bits per heavy atom. The Balaban J connectivity index is 2.49. The van der Waals surface area contributed by atoms with Crippen LogP contribution in [0.5, 0.6) is 0 Å². The molecule has 2 N–H and O–H groups in total. The molecule has 0 aromatic heterocycles. The molecule has 112 valence electrons. The zero-order valence-electron chi connectivity index (χ0n) is 11.9. The molecule has 0 amide bonds. The van der Waals surface area contributed by atoms with E-state index in [1.807, 2.05) is 19.9 Å². The van der Waals surface area contributed by atoms with Gasteiger partial charge in [-0.2, -0.15) is 4.31 Å². The van der Waals surface area contributed by atoms with Crippen molar-refractivity contribution < 1.29 is 8.42 Å². The standard InChI is InChI=1S/C14H21BrN2O2S/c1-3-6-17(12-4-5-12)20(18,19)14-8-11(9-16)7-13(15)10(14)2/h7-8,12H,3-6,9,16H2,1-2H3. The lowest BCUT2D eigenvalue weighted by Gasteiger charge is -2.23. The van der Waals surface area contributed by atoms with E-state index in [9.17, 15) is 8.42 Å². The maximum absolute atomic E-state index is 12.9. The van der Waals surface area contributed by atoms with Crippen LogP contribution in [0.1, 0.15) is 37.3 Å². The Morgan fingerprint density at radius 1 is 1.40 bits per heavy atom. The second kappa shape index (κ2) is 6.13. The summed E-state index contributed by atoms with van der Waals surface area (Å²) < 4.78 is 28.3. The molecule has 0 spiro atoms. The van der Waals surface area contributed by atoms with Crippen LogP contribution in [0, 0.1) is 6.92 Å². The molecule has 0 radical (unpaired) electrons. The third-order valence-electron chi connectivity index (χ3n) is 3.58. The summed E-state index contributed by atoms with van der Waals surface area (Å²) in [6.07, 6.45) is 2.76. The van der Waals surface area contributed by atoms with Crippen LogP contribution in [0.3, 0.4) is 0 Å². The van der Waals surface area contributed by atoms with E-state index in [4.69, 9.17) is 5.73 Å². The minimum absolute atomic E-state index is 0.180. The van der Waals surface area contributed by atoms with E-state index in [0.717, 1.165) is 34.9 Å². The van der Waals surface area contributed by atoms with Gasteiger partial charge >= 0.3 is 0 Å². The first-order valence-electron chi connectivity index (χ1n) is 6.92. The molecule has 0 unspecified atom stereocenters. The lowest BCUT2D eigenvalue weighted by Crippen LogP contribution is -2.34. The van der Waals surface area contributed by atoms with Gasteiger partial charge in [0.15, 0.2) is 0 Å². The zero-order valence-corrected chi connectivity index (χ0v) is 14.3. The molecule has 1 aliphatic carbocycles. The molecule has 1 aromatic rings. The fourth-order valence-corrected chi connectivity index (χ4v) is 5.02. The van der Waals surface area contributed by atoms with Crippen LogP contribution in [0.4, 0.5) is 0 Å². The normalized spacial score (nSPS) is 15.8. The number of benzene rings is 1. The van der Waals surface area contributed by atoms with Crippen molar-refractivity contribution in [3.63, 3.8) is 0 Å². The molecule has 0 saturated heterocycles. The summed E-state index contributed by atoms with van der Waals surface area (Å²) in [5.41, 5.74) is 7.24. The van der Waals surface area contributed by atoms with Crippen molar-refractivity contribution >= 4 is 26.0 Å². The number of rotatable bonds is 6. The summed E-state index contributed by atoms with van der Waals surface area (Å²) in [6.45, 7) is 4.74. The molecule has 1 aliphatic rings. The van der Waals surface area contributed by atoms with Crippen molar-refractivity contribution in [2.24, 2.45) is 5.73 Å². The van der Waals surface area contributed by atoms with Gasteiger partial charge in [-0.25, -0.2) is 8.42 Å². The Bertz CT molecular complexity index is 597. The van der Waals surface area contributed by atoms with Crippen molar-refractivity contribution in [1.82, 2.24) is 4.31 Å². The molecule has 0 bridgehead atoms. The Hall–Kier alpha value is -0.430. The average Bonchev–Trinajstić information content (AvgIpc) is 3.22. The third-order valence-corrected chi connectivity index (χ3v) is 6.48. The Morgan fingerprint density at radius 3 is 2.55 bits per heavy atom. The predicted molar refractivity (Wildman–Crippen MR) is 84.0 cm³/mol. The molecule has 0 aliphatic heterocycles. The number of nitrogens with two attached hydrogens (primary N) is 1. The molecule has 1 saturated carbocycles. The van der Waals surface area contributed by atoms with Gasteiger partial charge in [0.2, 0.25) is 10.0 Å². The lowest BCUT2D eigenvalue weighted by atomic mass is 10.1. The predicted octanol–water partition coefficient (Wildman–Crippen LogP) is 2.78. The van der Waals surface area contributed by atoms with Crippen molar-refractivity contribution in [3.05, 3.63) is 27.7 Å². The second-order valence-electron chi connectivity index (χ2n) is 5.25. The smallest absolute Gasteiger partial charge is 0.243 e. The van der Waals surface area contributed by atoms with Crippen molar-refractivity contribution in [3.8, 4) is 0 Å². The average molecular weight is 361 g/mol. The van der Waals surface area contributed by atoms with Gasteiger partial charge in [-0.3, -0.25) is 0 Å². The zero-order chi connectivity index (χ0) is 14.9. The number of sulfonamides is 1. The summed E-state index contributed by atoms with van der Waals surface area (Å²) in [5, 5.41) is 0. The highest BCUT2D eigenvalue weighted by Crippen LogP contribution is 2.35. The second-order valence-corrected chi connectivity index (χ2v) is 7.97. The van der Waals surface area contributed by atoms with Crippen LogP contribution in [-0.4, -0.2) is 25.3 Å². The molecule has 1 fully saturated rings. The highest BCUT2D eigenvalue weighted by molar-refractivity contribution is 9.10. The molecule has 20 heavy (non-hydrogen) atoms. The minimum Gasteiger partial charge on any atom is -0.326 e. The summed E-state index contributed by atoms with van der Waals surface area (Å²) in [7, 11) is -3.44. The summed E-state index contributed by atoms with van der Waals surface area (Å²) in [4.78, 5) is 0.382. The molecular weight excluding hydrogens is 340 g/mol. The summed E-state index contributed by atoms with van der Waals surface area (Å²) >= 11 is 3.43. The van der Waals surface area contributed by atoms with Crippen LogP contribution in [0.25, 0.3) is 0 Å². The van der Waals surface area contributed by atoms with Crippen molar-refractivity contribution in [2.75, 3.05) is 6.54 Å². The van der Waals surface area contributed by atoms with Crippen LogP contribution in [0.2, 0.25) is 0 Å². The summed E-state index contributed by atoms with van der Waals surface area (Å²) in [6, 6.07) is 3.77. The van der Waals surface area contributed by atoms with Gasteiger partial charge in [0.05, 0.1) is 4.90 Å². The largest absolute Gasteiger partial charge is 0.326 e. The van der Waals surface area contributed by atoms with E-state index in [1.54, 1.807) is 10.4 Å². The topological polar surface area (TPSA) is 63.4 Å². The van der Waals surface area contributed by atoms with Crippen molar-refractivity contribution in [1.29, 1.82) is 0 Å². The van der Waals surface area contributed by atoms with Gasteiger partial charge in [0.25, 0.3) is 0 Å². The minimum atomic E-state index is -3.44. The van der Waals surface area contributed by atoms with E-state index < -0.39 is 10.0 Å². The third kappa shape index (κ3) is 3.08. The highest BCUT2D eigenvalue weighted by Gasteiger charge is 2.38. The quantitative estimate of drug-likeness (QED) is 0.848. The molecule has 0 atom stereocenters. The fourth-order valence-electron chi connectivity index (χ4n) is 2.30. The van der Waals surface area contributed by atoms with Gasteiger partial charge in [0, 0.05) is 23.6 Å². The van der Waals surface area contributed by atoms with Gasteiger partial charge in [-0.05, 0) is 49.4 Å². The van der Waals surface area contributed by atoms with E-state index >= 15 is 0 Å². The number of nitrogens with zero attached hydrogens (tertiary/aromatic N) is 1. The number of halogens is 1. The molecule has 2 rings (SSSR count). The van der Waals surface area contributed by atoms with Crippen LogP contribution in [-0.2, 0) is 16.6 Å². The van der Waals surface area contributed by atoms with Crippen LogP contribution >= 0.6 is 15.9 Å². The Kier molecular flexibility index (Phi) is 4.89. The fraction of sp³-hybridized carbons (Fsp3) is 0.571. The van der Waals surface area contributed by atoms with Gasteiger partial charge < -0.3 is 5.73 Å². The molecule has 6 heteroatoms. The number of hydrogen-bond donors (Lipinski definition) is 1. The van der Waals surface area contributed by atoms with E-state index in [1.165, 1.54) is 0 Å². The highest BCUT2D eigenvalue weighted by atomic mass is 79.9. The van der Waals surface area contributed by atoms with Crippen LogP contribution < -0.4 is 5.73 Å². The van der Waals surface area contributed by atoms with E-state index in [0.29, 0.717) is 18.0 Å². The number of hydrogen-bond acceptors (Lipinski definition) is 3. The molecule has 0 heterocycles. The molecular formula is C14H21BrN2O2S. The van der Waals surface area contributed by atoms with E-state index in [-0.39, 0.29) is 6.04 Å².